The molecule has 1 saturated carbocycles. The number of hydrogen-bond acceptors (Lipinski definition) is 5. The Labute approximate surface area is 121 Å². The normalized spacial score (nSPS) is 19.6. The van der Waals surface area contributed by atoms with E-state index >= 15 is 0 Å². The van der Waals surface area contributed by atoms with E-state index in [-0.39, 0.29) is 11.6 Å². The third-order valence-electron chi connectivity index (χ3n) is 4.78. The van der Waals surface area contributed by atoms with E-state index < -0.39 is 0 Å². The lowest BCUT2D eigenvalue weighted by molar-refractivity contribution is 0.0626. The summed E-state index contributed by atoms with van der Waals surface area (Å²) < 4.78 is 1.75. The molecular weight excluding hydrogens is 252 g/mol. The van der Waals surface area contributed by atoms with E-state index in [0.29, 0.717) is 0 Å². The molecule has 0 bridgehead atoms. The molecule has 20 heavy (non-hydrogen) atoms. The quantitative estimate of drug-likeness (QED) is 0.572. The van der Waals surface area contributed by atoms with E-state index in [1.807, 2.05) is 13.2 Å². The number of aromatic nitrogens is 3. The first-order valence-electron chi connectivity index (χ1n) is 7.72. The molecule has 6 nitrogen and oxygen atoms in total. The molecule has 0 spiro atoms. The van der Waals surface area contributed by atoms with Crippen molar-refractivity contribution in [3.05, 3.63) is 11.9 Å². The lowest BCUT2D eigenvalue weighted by Gasteiger charge is -2.46. The molecule has 6 heteroatoms. The van der Waals surface area contributed by atoms with Crippen LogP contribution in [0, 0.1) is 0 Å². The predicted octanol–water partition coefficient (Wildman–Crippen LogP) is 0.844. The molecule has 1 aromatic rings. The van der Waals surface area contributed by atoms with Crippen LogP contribution in [0.1, 0.15) is 45.2 Å². The van der Waals surface area contributed by atoms with E-state index in [2.05, 4.69) is 34.5 Å². The van der Waals surface area contributed by atoms with Gasteiger partial charge < -0.3 is 0 Å². The zero-order valence-corrected chi connectivity index (χ0v) is 13.0. The number of rotatable bonds is 7. The Morgan fingerprint density at radius 2 is 2.05 bits per heavy atom. The van der Waals surface area contributed by atoms with Gasteiger partial charge in [-0.05, 0) is 25.9 Å². The highest BCUT2D eigenvalue weighted by Gasteiger charge is 2.44. The Bertz CT molecular complexity index is 406. The number of aryl methyl sites for hydroxylation is 1. The molecule has 1 atom stereocenters. The van der Waals surface area contributed by atoms with Crippen molar-refractivity contribution < 1.29 is 0 Å². The molecule has 0 radical (unpaired) electrons. The van der Waals surface area contributed by atoms with Crippen molar-refractivity contribution in [2.24, 2.45) is 12.9 Å². The monoisotopic (exact) mass is 280 g/mol. The van der Waals surface area contributed by atoms with Crippen LogP contribution in [0.5, 0.6) is 0 Å². The highest BCUT2D eigenvalue weighted by atomic mass is 15.4. The van der Waals surface area contributed by atoms with Gasteiger partial charge in [-0.25, -0.2) is 0 Å². The number of nitrogens with two attached hydrogens (primary N) is 1. The molecule has 0 amide bonds. The van der Waals surface area contributed by atoms with Crippen LogP contribution in [0.4, 0.5) is 0 Å². The van der Waals surface area contributed by atoms with Gasteiger partial charge in [0.25, 0.3) is 0 Å². The Hall–Kier alpha value is -0.980. The van der Waals surface area contributed by atoms with Crippen molar-refractivity contribution in [1.82, 2.24) is 25.3 Å². The average molecular weight is 280 g/mol. The number of hydrazine groups is 1. The molecular formula is C14H28N6. The van der Waals surface area contributed by atoms with Gasteiger partial charge in [-0.3, -0.25) is 20.9 Å². The van der Waals surface area contributed by atoms with E-state index in [1.54, 1.807) is 4.68 Å². The SMILES string of the molecule is CCN(CC)C1(C(Cc2cn(C)nn2)NN)CCCC1. The lowest BCUT2D eigenvalue weighted by atomic mass is 9.83. The molecule has 0 aromatic carbocycles. The van der Waals surface area contributed by atoms with Gasteiger partial charge in [-0.2, -0.15) is 0 Å². The summed E-state index contributed by atoms with van der Waals surface area (Å²) in [5.74, 6) is 5.91. The van der Waals surface area contributed by atoms with E-state index in [1.165, 1.54) is 25.7 Å². The highest BCUT2D eigenvalue weighted by molar-refractivity contribution is 5.08. The third-order valence-corrected chi connectivity index (χ3v) is 4.78. The molecule has 3 N–H and O–H groups in total. The molecule has 1 fully saturated rings. The smallest absolute Gasteiger partial charge is 0.0843 e. The molecule has 2 rings (SSSR count). The fourth-order valence-electron chi connectivity index (χ4n) is 3.83. The second kappa shape index (κ2) is 6.65. The highest BCUT2D eigenvalue weighted by Crippen LogP contribution is 2.38. The van der Waals surface area contributed by atoms with E-state index in [4.69, 9.17) is 5.84 Å². The Morgan fingerprint density at radius 3 is 2.50 bits per heavy atom. The summed E-state index contributed by atoms with van der Waals surface area (Å²) in [7, 11) is 1.90. The van der Waals surface area contributed by atoms with Crippen molar-refractivity contribution >= 4 is 0 Å². The molecule has 0 aliphatic heterocycles. The van der Waals surface area contributed by atoms with Gasteiger partial charge in [0.15, 0.2) is 0 Å². The summed E-state index contributed by atoms with van der Waals surface area (Å²) in [6.45, 7) is 6.60. The third kappa shape index (κ3) is 2.87. The first-order valence-corrected chi connectivity index (χ1v) is 7.72. The number of hydrogen-bond donors (Lipinski definition) is 2. The molecule has 1 heterocycles. The van der Waals surface area contributed by atoms with Gasteiger partial charge in [0, 0.05) is 31.2 Å². The van der Waals surface area contributed by atoms with Crippen LogP contribution in [-0.2, 0) is 13.5 Å². The Morgan fingerprint density at radius 1 is 1.40 bits per heavy atom. The van der Waals surface area contributed by atoms with E-state index in [9.17, 15) is 0 Å². The maximum atomic E-state index is 5.91. The maximum Gasteiger partial charge on any atom is 0.0843 e. The fourth-order valence-corrected chi connectivity index (χ4v) is 3.83. The minimum atomic E-state index is 0.162. The van der Waals surface area contributed by atoms with Crippen molar-refractivity contribution in [2.45, 2.75) is 57.5 Å². The van der Waals surface area contributed by atoms with Crippen molar-refractivity contribution in [3.63, 3.8) is 0 Å². The summed E-state index contributed by atoms with van der Waals surface area (Å²) >= 11 is 0. The van der Waals surface area contributed by atoms with Gasteiger partial charge in [0.1, 0.15) is 0 Å². The lowest BCUT2D eigenvalue weighted by Crippen LogP contribution is -2.62. The van der Waals surface area contributed by atoms with Crippen molar-refractivity contribution in [2.75, 3.05) is 13.1 Å². The summed E-state index contributed by atoms with van der Waals surface area (Å²) in [5.41, 5.74) is 4.24. The van der Waals surface area contributed by atoms with Crippen LogP contribution >= 0.6 is 0 Å². The minimum Gasteiger partial charge on any atom is -0.297 e. The maximum absolute atomic E-state index is 5.91. The number of likely N-dealkylation sites (N-methyl/N-ethyl adjacent to an activating group) is 1. The van der Waals surface area contributed by atoms with Gasteiger partial charge >= 0.3 is 0 Å². The summed E-state index contributed by atoms with van der Waals surface area (Å²) in [5, 5.41) is 8.24. The molecule has 1 aliphatic carbocycles. The zero-order chi connectivity index (χ0) is 14.6. The van der Waals surface area contributed by atoms with Crippen LogP contribution in [-0.4, -0.2) is 44.6 Å². The second-order valence-electron chi connectivity index (χ2n) is 5.79. The number of nitrogens with zero attached hydrogens (tertiary/aromatic N) is 4. The van der Waals surface area contributed by atoms with E-state index in [0.717, 1.165) is 25.2 Å². The molecule has 1 aromatic heterocycles. The summed E-state index contributed by atoms with van der Waals surface area (Å²) in [4.78, 5) is 2.57. The van der Waals surface area contributed by atoms with Crippen LogP contribution in [0.2, 0.25) is 0 Å². The fraction of sp³-hybridized carbons (Fsp3) is 0.857. The Kier molecular flexibility index (Phi) is 5.12. The second-order valence-corrected chi connectivity index (χ2v) is 5.79. The molecule has 1 unspecified atom stereocenters. The van der Waals surface area contributed by atoms with Crippen molar-refractivity contribution in [3.8, 4) is 0 Å². The van der Waals surface area contributed by atoms with Crippen LogP contribution in [0.25, 0.3) is 0 Å². The number of nitrogens with one attached hydrogen (secondary N) is 1. The first-order chi connectivity index (χ1) is 9.66. The summed E-state index contributed by atoms with van der Waals surface area (Å²) in [6, 6.07) is 0.224. The predicted molar refractivity (Wildman–Crippen MR) is 79.9 cm³/mol. The van der Waals surface area contributed by atoms with Gasteiger partial charge in [-0.15, -0.1) is 5.10 Å². The van der Waals surface area contributed by atoms with Crippen LogP contribution in [0.3, 0.4) is 0 Å². The van der Waals surface area contributed by atoms with Gasteiger partial charge in [0.2, 0.25) is 0 Å². The first kappa shape index (κ1) is 15.4. The molecule has 0 saturated heterocycles. The standard InChI is InChI=1S/C14H28N6/c1-4-20(5-2)14(8-6-7-9-14)13(16-15)10-12-11-19(3)18-17-12/h11,13,16H,4-10,15H2,1-3H3. The van der Waals surface area contributed by atoms with Crippen molar-refractivity contribution in [1.29, 1.82) is 0 Å². The average Bonchev–Trinajstić information content (AvgIpc) is 3.07. The zero-order valence-electron chi connectivity index (χ0n) is 13.0. The Balaban J connectivity index is 2.21. The summed E-state index contributed by atoms with van der Waals surface area (Å²) in [6.07, 6.45) is 7.81. The van der Waals surface area contributed by atoms with Gasteiger partial charge in [-0.1, -0.05) is 31.9 Å². The van der Waals surface area contributed by atoms with Crippen LogP contribution < -0.4 is 11.3 Å². The molecule has 114 valence electrons. The van der Waals surface area contributed by atoms with Crippen LogP contribution in [0.15, 0.2) is 6.20 Å². The molecule has 1 aliphatic rings. The largest absolute Gasteiger partial charge is 0.297 e. The topological polar surface area (TPSA) is 72.0 Å². The minimum absolute atomic E-state index is 0.162. The van der Waals surface area contributed by atoms with Gasteiger partial charge in [0.05, 0.1) is 5.69 Å².